The summed E-state index contributed by atoms with van der Waals surface area (Å²) >= 11 is 1.62. The number of thiophene rings is 1. The van der Waals surface area contributed by atoms with E-state index in [4.69, 9.17) is 10.8 Å². The van der Waals surface area contributed by atoms with Crippen LogP contribution in [0.1, 0.15) is 28.2 Å². The molecule has 0 aromatic carbocycles. The molecule has 2 aromatic rings. The van der Waals surface area contributed by atoms with Crippen LogP contribution in [0.15, 0.2) is 29.8 Å². The third kappa shape index (κ3) is 2.43. The lowest BCUT2D eigenvalue weighted by atomic mass is 10.2. The van der Waals surface area contributed by atoms with Gasteiger partial charge < -0.3 is 16.2 Å². The minimum atomic E-state index is -1.05. The fourth-order valence-corrected chi connectivity index (χ4v) is 2.32. The summed E-state index contributed by atoms with van der Waals surface area (Å²) in [5.41, 5.74) is 6.01. The molecule has 5 nitrogen and oxygen atoms in total. The average molecular weight is 263 g/mol. The Bertz CT molecular complexity index is 554. The number of nitrogens with zero attached hydrogens (tertiary/aromatic N) is 1. The number of hydrogen-bond acceptors (Lipinski definition) is 5. The van der Waals surface area contributed by atoms with Crippen molar-refractivity contribution < 1.29 is 9.90 Å². The van der Waals surface area contributed by atoms with Crippen LogP contribution >= 0.6 is 11.3 Å². The zero-order valence-corrected chi connectivity index (χ0v) is 10.6. The Balaban J connectivity index is 2.24. The van der Waals surface area contributed by atoms with Crippen molar-refractivity contribution in [2.45, 2.75) is 13.0 Å². The Kier molecular flexibility index (Phi) is 3.47. The van der Waals surface area contributed by atoms with E-state index in [9.17, 15) is 4.79 Å². The predicted octanol–water partition coefficient (Wildman–Crippen LogP) is 2.60. The van der Waals surface area contributed by atoms with Gasteiger partial charge in [0.25, 0.3) is 0 Å². The highest BCUT2D eigenvalue weighted by Gasteiger charge is 2.14. The Morgan fingerprint density at radius 1 is 1.56 bits per heavy atom. The SMILES string of the molecule is CC(Nc1nccc(C(=O)O)c1N)c1cccs1. The van der Waals surface area contributed by atoms with E-state index in [0.717, 1.165) is 4.88 Å². The van der Waals surface area contributed by atoms with E-state index in [1.807, 2.05) is 24.4 Å². The number of carbonyl (C=O) groups is 1. The molecular formula is C12H13N3O2S. The second-order valence-electron chi connectivity index (χ2n) is 3.81. The Hall–Kier alpha value is -2.08. The first-order valence-corrected chi connectivity index (χ1v) is 6.25. The summed E-state index contributed by atoms with van der Waals surface area (Å²) in [5, 5.41) is 14.1. The van der Waals surface area contributed by atoms with Gasteiger partial charge in [0.05, 0.1) is 17.3 Å². The maximum atomic E-state index is 11.0. The van der Waals surface area contributed by atoms with Crippen LogP contribution in [-0.4, -0.2) is 16.1 Å². The largest absolute Gasteiger partial charge is 0.478 e. The smallest absolute Gasteiger partial charge is 0.337 e. The minimum absolute atomic E-state index is 0.0313. The molecule has 0 saturated carbocycles. The van der Waals surface area contributed by atoms with Crippen molar-refractivity contribution in [3.8, 4) is 0 Å². The number of nitrogens with two attached hydrogens (primary N) is 1. The zero-order valence-electron chi connectivity index (χ0n) is 9.75. The minimum Gasteiger partial charge on any atom is -0.478 e. The van der Waals surface area contributed by atoms with Crippen LogP contribution in [-0.2, 0) is 0 Å². The van der Waals surface area contributed by atoms with Gasteiger partial charge in [-0.05, 0) is 24.4 Å². The number of aromatic carboxylic acids is 1. The first-order chi connectivity index (χ1) is 8.59. The van der Waals surface area contributed by atoms with Crippen LogP contribution in [0.5, 0.6) is 0 Å². The predicted molar refractivity (Wildman–Crippen MR) is 72.0 cm³/mol. The summed E-state index contributed by atoms with van der Waals surface area (Å²) in [6, 6.07) is 5.38. The first kappa shape index (κ1) is 12.4. The summed E-state index contributed by atoms with van der Waals surface area (Å²) in [4.78, 5) is 16.2. The topological polar surface area (TPSA) is 88.2 Å². The number of carboxylic acids is 1. The highest BCUT2D eigenvalue weighted by atomic mass is 32.1. The van der Waals surface area contributed by atoms with Gasteiger partial charge in [0.15, 0.2) is 5.82 Å². The van der Waals surface area contributed by atoms with Gasteiger partial charge >= 0.3 is 5.97 Å². The standard InChI is InChI=1S/C12H13N3O2S/c1-7(9-3-2-6-18-9)15-11-10(13)8(12(16)17)4-5-14-11/h2-7H,13H2,1H3,(H,14,15)(H,16,17). The van der Waals surface area contributed by atoms with E-state index in [1.54, 1.807) is 11.3 Å². The van der Waals surface area contributed by atoms with Crippen LogP contribution in [0.4, 0.5) is 11.5 Å². The number of nitrogens with one attached hydrogen (secondary N) is 1. The maximum Gasteiger partial charge on any atom is 0.337 e. The monoisotopic (exact) mass is 263 g/mol. The summed E-state index contributed by atoms with van der Waals surface area (Å²) in [5.74, 6) is -0.655. The van der Waals surface area contributed by atoms with Gasteiger partial charge in [-0.2, -0.15) is 0 Å². The molecule has 0 aliphatic rings. The number of pyridine rings is 1. The van der Waals surface area contributed by atoms with Crippen molar-refractivity contribution >= 4 is 28.8 Å². The zero-order chi connectivity index (χ0) is 13.1. The third-order valence-corrected chi connectivity index (χ3v) is 3.60. The van der Waals surface area contributed by atoms with Gasteiger partial charge in [-0.25, -0.2) is 9.78 Å². The van der Waals surface area contributed by atoms with Gasteiger partial charge in [-0.1, -0.05) is 6.07 Å². The molecule has 94 valence electrons. The van der Waals surface area contributed by atoms with Gasteiger partial charge in [0.2, 0.25) is 0 Å². The molecular weight excluding hydrogens is 250 g/mol. The van der Waals surface area contributed by atoms with Crippen LogP contribution < -0.4 is 11.1 Å². The van der Waals surface area contributed by atoms with Crippen molar-refractivity contribution in [1.29, 1.82) is 0 Å². The van der Waals surface area contributed by atoms with Crippen molar-refractivity contribution in [1.82, 2.24) is 4.98 Å². The molecule has 4 N–H and O–H groups in total. The second-order valence-corrected chi connectivity index (χ2v) is 4.79. The molecule has 2 heterocycles. The lowest BCUT2D eigenvalue weighted by molar-refractivity contribution is 0.0698. The van der Waals surface area contributed by atoms with E-state index >= 15 is 0 Å². The molecule has 0 saturated heterocycles. The third-order valence-electron chi connectivity index (χ3n) is 2.54. The van der Waals surface area contributed by atoms with E-state index in [2.05, 4.69) is 10.3 Å². The number of nitrogen functional groups attached to an aromatic ring is 1. The van der Waals surface area contributed by atoms with Crippen molar-refractivity contribution in [3.63, 3.8) is 0 Å². The van der Waals surface area contributed by atoms with Gasteiger partial charge in [0, 0.05) is 11.1 Å². The highest BCUT2D eigenvalue weighted by molar-refractivity contribution is 7.10. The molecule has 0 fully saturated rings. The van der Waals surface area contributed by atoms with E-state index in [1.165, 1.54) is 12.3 Å². The molecule has 0 radical (unpaired) electrons. The molecule has 1 unspecified atom stereocenters. The molecule has 2 aromatic heterocycles. The molecule has 18 heavy (non-hydrogen) atoms. The van der Waals surface area contributed by atoms with Crippen molar-refractivity contribution in [2.75, 3.05) is 11.1 Å². The van der Waals surface area contributed by atoms with Crippen LogP contribution in [0.2, 0.25) is 0 Å². The highest BCUT2D eigenvalue weighted by Crippen LogP contribution is 2.26. The van der Waals surface area contributed by atoms with Gasteiger partial charge in [0.1, 0.15) is 0 Å². The summed E-state index contributed by atoms with van der Waals surface area (Å²) in [6.07, 6.45) is 1.43. The molecule has 0 bridgehead atoms. The first-order valence-electron chi connectivity index (χ1n) is 5.37. The molecule has 0 amide bonds. The molecule has 0 spiro atoms. The molecule has 6 heteroatoms. The van der Waals surface area contributed by atoms with Crippen LogP contribution in [0.3, 0.4) is 0 Å². The quantitative estimate of drug-likeness (QED) is 0.789. The molecule has 0 aliphatic carbocycles. The fourth-order valence-electron chi connectivity index (χ4n) is 1.59. The molecule has 0 aliphatic heterocycles. The lowest BCUT2D eigenvalue weighted by Crippen LogP contribution is -2.11. The Labute approximate surface area is 108 Å². The number of aromatic nitrogens is 1. The van der Waals surface area contributed by atoms with Gasteiger partial charge in [-0.3, -0.25) is 0 Å². The van der Waals surface area contributed by atoms with Crippen LogP contribution in [0.25, 0.3) is 0 Å². The summed E-state index contributed by atoms with van der Waals surface area (Å²) in [7, 11) is 0. The molecule has 2 rings (SSSR count). The summed E-state index contributed by atoms with van der Waals surface area (Å²) < 4.78 is 0. The second kappa shape index (κ2) is 5.05. The van der Waals surface area contributed by atoms with E-state index in [0.29, 0.717) is 5.82 Å². The number of hydrogen-bond donors (Lipinski definition) is 3. The number of anilines is 2. The maximum absolute atomic E-state index is 11.0. The lowest BCUT2D eigenvalue weighted by Gasteiger charge is -2.15. The van der Waals surface area contributed by atoms with E-state index in [-0.39, 0.29) is 17.3 Å². The molecule has 1 atom stereocenters. The van der Waals surface area contributed by atoms with Crippen LogP contribution in [0, 0.1) is 0 Å². The normalized spacial score (nSPS) is 12.1. The van der Waals surface area contributed by atoms with E-state index < -0.39 is 5.97 Å². The Morgan fingerprint density at radius 2 is 2.33 bits per heavy atom. The number of carboxylic acid groups (broad SMARTS) is 1. The van der Waals surface area contributed by atoms with Crippen molar-refractivity contribution in [3.05, 3.63) is 40.2 Å². The van der Waals surface area contributed by atoms with Gasteiger partial charge in [-0.15, -0.1) is 11.3 Å². The van der Waals surface area contributed by atoms with Crippen molar-refractivity contribution in [2.24, 2.45) is 0 Å². The fraction of sp³-hybridized carbons (Fsp3) is 0.167. The Morgan fingerprint density at radius 3 is 2.94 bits per heavy atom. The average Bonchev–Trinajstić information content (AvgIpc) is 2.85. The number of rotatable bonds is 4. The summed E-state index contributed by atoms with van der Waals surface area (Å²) in [6.45, 7) is 1.97.